The Morgan fingerprint density at radius 1 is 1.00 bits per heavy atom. The molecule has 6 heteroatoms. The van der Waals surface area contributed by atoms with Crippen molar-refractivity contribution in [2.45, 2.75) is 0 Å². The van der Waals surface area contributed by atoms with E-state index in [0.717, 1.165) is 0 Å². The predicted octanol–water partition coefficient (Wildman–Crippen LogP) is 3.04. The minimum absolute atomic E-state index is 0.139. The minimum atomic E-state index is -1.03. The molecule has 108 valence electrons. The van der Waals surface area contributed by atoms with Crippen molar-refractivity contribution >= 4 is 5.97 Å². The molecule has 3 rings (SSSR count). The first-order valence-corrected chi connectivity index (χ1v) is 6.42. The zero-order valence-corrected chi connectivity index (χ0v) is 11.3. The fourth-order valence-electron chi connectivity index (χ4n) is 1.97. The minimum Gasteiger partial charge on any atom is -0.478 e. The van der Waals surface area contributed by atoms with Crippen molar-refractivity contribution in [2.24, 2.45) is 0 Å². The van der Waals surface area contributed by atoms with Crippen LogP contribution < -0.4 is 0 Å². The van der Waals surface area contributed by atoms with E-state index >= 15 is 0 Å². The molecule has 0 aliphatic rings. The van der Waals surface area contributed by atoms with E-state index in [-0.39, 0.29) is 5.56 Å². The predicted molar refractivity (Wildman–Crippen MR) is 77.6 cm³/mol. The summed E-state index contributed by atoms with van der Waals surface area (Å²) >= 11 is 0. The number of aromatic carboxylic acids is 1. The zero-order chi connectivity index (χ0) is 15.5. The Morgan fingerprint density at radius 2 is 1.82 bits per heavy atom. The van der Waals surface area contributed by atoms with E-state index in [4.69, 9.17) is 5.11 Å². The van der Waals surface area contributed by atoms with E-state index < -0.39 is 11.9 Å². The number of hydrogen-bond donors (Lipinski definition) is 1. The molecule has 0 unspecified atom stereocenters. The first-order valence-electron chi connectivity index (χ1n) is 6.42. The van der Waals surface area contributed by atoms with E-state index in [1.54, 1.807) is 24.3 Å². The third-order valence-electron chi connectivity index (χ3n) is 3.04. The fourth-order valence-corrected chi connectivity index (χ4v) is 1.97. The summed E-state index contributed by atoms with van der Waals surface area (Å²) in [6, 6.07) is 11.0. The van der Waals surface area contributed by atoms with Crippen LogP contribution in [0.4, 0.5) is 4.39 Å². The molecule has 5 nitrogen and oxygen atoms in total. The lowest BCUT2D eigenvalue weighted by molar-refractivity contribution is 0.0697. The summed E-state index contributed by atoms with van der Waals surface area (Å²) in [5, 5.41) is 9.02. The van der Waals surface area contributed by atoms with Crippen LogP contribution in [0.25, 0.3) is 22.6 Å². The molecular formula is C16H10FN3O2. The van der Waals surface area contributed by atoms with Crippen molar-refractivity contribution in [1.29, 1.82) is 0 Å². The molecule has 0 saturated heterocycles. The fraction of sp³-hybridized carbons (Fsp3) is 0. The molecule has 0 aliphatic heterocycles. The highest BCUT2D eigenvalue weighted by molar-refractivity contribution is 5.88. The average molecular weight is 295 g/mol. The molecule has 0 bridgehead atoms. The molecule has 0 radical (unpaired) electrons. The van der Waals surface area contributed by atoms with Gasteiger partial charge in [0.05, 0.1) is 22.6 Å². The van der Waals surface area contributed by atoms with Crippen LogP contribution in [0.5, 0.6) is 0 Å². The van der Waals surface area contributed by atoms with Crippen LogP contribution >= 0.6 is 0 Å². The van der Waals surface area contributed by atoms with Crippen LogP contribution in [0.15, 0.2) is 54.9 Å². The van der Waals surface area contributed by atoms with Crippen LogP contribution in [0.3, 0.4) is 0 Å². The lowest BCUT2D eigenvalue weighted by Crippen LogP contribution is -1.98. The quantitative estimate of drug-likeness (QED) is 0.752. The Labute approximate surface area is 125 Å². The maximum atomic E-state index is 12.9. The third-order valence-corrected chi connectivity index (χ3v) is 3.04. The summed E-state index contributed by atoms with van der Waals surface area (Å²) in [6.07, 6.45) is 2.81. The summed E-state index contributed by atoms with van der Waals surface area (Å²) < 4.78 is 12.9. The number of carbonyl (C=O) groups is 1. The van der Waals surface area contributed by atoms with Gasteiger partial charge in [-0.1, -0.05) is 6.07 Å². The normalized spacial score (nSPS) is 10.4. The molecule has 1 N–H and O–H groups in total. The second-order valence-electron chi connectivity index (χ2n) is 4.51. The number of hydrogen-bond acceptors (Lipinski definition) is 4. The Bertz CT molecular complexity index is 835. The molecule has 22 heavy (non-hydrogen) atoms. The third kappa shape index (κ3) is 2.80. The maximum Gasteiger partial charge on any atom is 0.335 e. The van der Waals surface area contributed by atoms with E-state index in [1.807, 2.05) is 0 Å². The van der Waals surface area contributed by atoms with E-state index in [9.17, 15) is 9.18 Å². The van der Waals surface area contributed by atoms with Crippen molar-refractivity contribution in [3.8, 4) is 22.6 Å². The van der Waals surface area contributed by atoms with Crippen LogP contribution in [0, 0.1) is 5.95 Å². The van der Waals surface area contributed by atoms with Gasteiger partial charge in [-0.2, -0.15) is 4.39 Å². The summed E-state index contributed by atoms with van der Waals surface area (Å²) in [7, 11) is 0. The largest absolute Gasteiger partial charge is 0.478 e. The van der Waals surface area contributed by atoms with Crippen molar-refractivity contribution in [3.05, 3.63) is 66.4 Å². The molecule has 3 aromatic rings. The van der Waals surface area contributed by atoms with Gasteiger partial charge in [-0.3, -0.25) is 4.98 Å². The highest BCUT2D eigenvalue weighted by atomic mass is 19.1. The summed E-state index contributed by atoms with van der Waals surface area (Å²) in [5.74, 6) is -1.58. The smallest absolute Gasteiger partial charge is 0.335 e. The molecule has 0 spiro atoms. The molecular weight excluding hydrogens is 285 g/mol. The Hall–Kier alpha value is -3.15. The lowest BCUT2D eigenvalue weighted by Gasteiger charge is -2.05. The van der Waals surface area contributed by atoms with Gasteiger partial charge in [-0.25, -0.2) is 14.8 Å². The summed E-state index contributed by atoms with van der Waals surface area (Å²) in [5.41, 5.74) is 2.40. The monoisotopic (exact) mass is 295 g/mol. The second kappa shape index (κ2) is 5.69. The highest BCUT2D eigenvalue weighted by Gasteiger charge is 2.08. The molecule has 3 heterocycles. The van der Waals surface area contributed by atoms with Gasteiger partial charge >= 0.3 is 5.97 Å². The molecule has 0 aromatic carbocycles. The number of pyridine rings is 3. The number of carboxylic acids is 1. The van der Waals surface area contributed by atoms with Gasteiger partial charge in [0, 0.05) is 18.0 Å². The Kier molecular flexibility index (Phi) is 3.57. The standard InChI is InChI=1S/C16H10FN3O2/c17-15-5-4-11(9-19-15)12-2-1-3-13(20-12)14-8-10(16(21)22)6-7-18-14/h1-9H,(H,21,22). The lowest BCUT2D eigenvalue weighted by atomic mass is 10.1. The van der Waals surface area contributed by atoms with Gasteiger partial charge in [0.15, 0.2) is 0 Å². The van der Waals surface area contributed by atoms with Crippen molar-refractivity contribution in [3.63, 3.8) is 0 Å². The number of rotatable bonds is 3. The van der Waals surface area contributed by atoms with E-state index in [0.29, 0.717) is 22.6 Å². The number of halogens is 1. The topological polar surface area (TPSA) is 76.0 Å². The van der Waals surface area contributed by atoms with E-state index in [2.05, 4.69) is 15.0 Å². The van der Waals surface area contributed by atoms with Gasteiger partial charge in [0.1, 0.15) is 0 Å². The first kappa shape index (κ1) is 13.8. The van der Waals surface area contributed by atoms with Gasteiger partial charge in [-0.05, 0) is 36.4 Å². The van der Waals surface area contributed by atoms with Gasteiger partial charge in [0.25, 0.3) is 0 Å². The van der Waals surface area contributed by atoms with Gasteiger partial charge in [-0.15, -0.1) is 0 Å². The second-order valence-corrected chi connectivity index (χ2v) is 4.51. The highest BCUT2D eigenvalue weighted by Crippen LogP contribution is 2.21. The summed E-state index contributed by atoms with van der Waals surface area (Å²) in [4.78, 5) is 23.2. The number of aromatic nitrogens is 3. The van der Waals surface area contributed by atoms with Crippen LogP contribution in [0.1, 0.15) is 10.4 Å². The van der Waals surface area contributed by atoms with Crippen LogP contribution in [-0.2, 0) is 0 Å². The first-order chi connectivity index (χ1) is 10.6. The van der Waals surface area contributed by atoms with Gasteiger partial charge < -0.3 is 5.11 Å². The zero-order valence-electron chi connectivity index (χ0n) is 11.3. The van der Waals surface area contributed by atoms with Crippen molar-refractivity contribution < 1.29 is 14.3 Å². The summed E-state index contributed by atoms with van der Waals surface area (Å²) in [6.45, 7) is 0. The van der Waals surface area contributed by atoms with Crippen molar-refractivity contribution in [2.75, 3.05) is 0 Å². The molecule has 0 fully saturated rings. The van der Waals surface area contributed by atoms with Crippen molar-refractivity contribution in [1.82, 2.24) is 15.0 Å². The molecule has 0 saturated carbocycles. The Morgan fingerprint density at radius 3 is 2.55 bits per heavy atom. The van der Waals surface area contributed by atoms with Crippen LogP contribution in [-0.4, -0.2) is 26.0 Å². The molecule has 0 atom stereocenters. The average Bonchev–Trinajstić information content (AvgIpc) is 2.56. The molecule has 0 amide bonds. The molecule has 0 aliphatic carbocycles. The SMILES string of the molecule is O=C(O)c1ccnc(-c2cccc(-c3ccc(F)nc3)n2)c1. The van der Waals surface area contributed by atoms with Crippen LogP contribution in [0.2, 0.25) is 0 Å². The van der Waals surface area contributed by atoms with E-state index in [1.165, 1.54) is 30.6 Å². The number of nitrogens with zero attached hydrogens (tertiary/aromatic N) is 3. The number of carboxylic acid groups (broad SMARTS) is 1. The Balaban J connectivity index is 2.02. The van der Waals surface area contributed by atoms with Gasteiger partial charge in [0.2, 0.25) is 5.95 Å². The molecule has 3 aromatic heterocycles. The maximum absolute atomic E-state index is 12.9.